The van der Waals surface area contributed by atoms with Gasteiger partial charge in [0, 0.05) is 12.5 Å². The molecule has 122 valence electrons. The highest BCUT2D eigenvalue weighted by Gasteiger charge is 2.39. The van der Waals surface area contributed by atoms with E-state index in [-0.39, 0.29) is 11.8 Å². The van der Waals surface area contributed by atoms with E-state index in [1.165, 1.54) is 0 Å². The van der Waals surface area contributed by atoms with Gasteiger partial charge < -0.3 is 10.4 Å². The van der Waals surface area contributed by atoms with Crippen LogP contribution in [0.15, 0.2) is 0 Å². The maximum Gasteiger partial charge on any atom is 0.311 e. The van der Waals surface area contributed by atoms with E-state index in [0.717, 1.165) is 51.4 Å². The van der Waals surface area contributed by atoms with E-state index in [1.54, 1.807) is 0 Å². The van der Waals surface area contributed by atoms with Gasteiger partial charge in [-0.25, -0.2) is 0 Å². The Hall–Kier alpha value is -1.06. The fourth-order valence-electron chi connectivity index (χ4n) is 3.24. The Morgan fingerprint density at radius 2 is 1.76 bits per heavy atom. The van der Waals surface area contributed by atoms with Gasteiger partial charge in [-0.1, -0.05) is 52.4 Å². The Balaban J connectivity index is 2.59. The highest BCUT2D eigenvalue weighted by molar-refractivity contribution is 5.80. The van der Waals surface area contributed by atoms with E-state index in [2.05, 4.69) is 12.2 Å². The number of hydrogen-bond acceptors (Lipinski definition) is 2. The first-order chi connectivity index (χ1) is 10.1. The molecule has 1 unspecified atom stereocenters. The summed E-state index contributed by atoms with van der Waals surface area (Å²) in [6, 6.07) is 0. The predicted molar refractivity (Wildman–Crippen MR) is 84.1 cm³/mol. The fourth-order valence-corrected chi connectivity index (χ4v) is 3.24. The number of rotatable bonds is 8. The van der Waals surface area contributed by atoms with Crippen molar-refractivity contribution in [3.05, 3.63) is 0 Å². The first-order valence-corrected chi connectivity index (χ1v) is 8.57. The largest absolute Gasteiger partial charge is 0.481 e. The molecule has 4 heteroatoms. The number of carboxylic acids is 1. The average Bonchev–Trinajstić information content (AvgIpc) is 2.72. The van der Waals surface area contributed by atoms with Crippen LogP contribution < -0.4 is 5.32 Å². The molecule has 1 fully saturated rings. The van der Waals surface area contributed by atoms with E-state index in [1.807, 2.05) is 6.92 Å². The molecule has 0 aliphatic heterocycles. The Kier molecular flexibility index (Phi) is 7.76. The zero-order valence-electron chi connectivity index (χ0n) is 13.6. The van der Waals surface area contributed by atoms with Gasteiger partial charge in [0.05, 0.1) is 5.41 Å². The van der Waals surface area contributed by atoms with Gasteiger partial charge in [-0.2, -0.15) is 0 Å². The molecule has 4 nitrogen and oxygen atoms in total. The molecular weight excluding hydrogens is 266 g/mol. The van der Waals surface area contributed by atoms with E-state index < -0.39 is 11.4 Å². The summed E-state index contributed by atoms with van der Waals surface area (Å²) < 4.78 is 0. The van der Waals surface area contributed by atoms with Crippen molar-refractivity contribution >= 4 is 11.9 Å². The van der Waals surface area contributed by atoms with Crippen LogP contribution in [0.1, 0.15) is 78.1 Å². The summed E-state index contributed by atoms with van der Waals surface area (Å²) in [5.41, 5.74) is -0.741. The number of carbonyl (C=O) groups is 2. The van der Waals surface area contributed by atoms with Gasteiger partial charge >= 0.3 is 5.97 Å². The van der Waals surface area contributed by atoms with Gasteiger partial charge in [0.15, 0.2) is 0 Å². The van der Waals surface area contributed by atoms with E-state index >= 15 is 0 Å². The number of aliphatic carboxylic acids is 1. The lowest BCUT2D eigenvalue weighted by atomic mass is 9.80. The Morgan fingerprint density at radius 3 is 2.24 bits per heavy atom. The minimum absolute atomic E-state index is 0.0292. The van der Waals surface area contributed by atoms with Crippen LogP contribution >= 0.6 is 0 Å². The molecule has 0 saturated heterocycles. The second kappa shape index (κ2) is 9.06. The molecule has 0 spiro atoms. The molecule has 0 aromatic carbocycles. The third kappa shape index (κ3) is 5.33. The van der Waals surface area contributed by atoms with Crippen LogP contribution in [0.5, 0.6) is 0 Å². The van der Waals surface area contributed by atoms with Gasteiger partial charge in [0.2, 0.25) is 5.91 Å². The average molecular weight is 297 g/mol. The lowest BCUT2D eigenvalue weighted by Crippen LogP contribution is -2.44. The number of carbonyl (C=O) groups excluding carboxylic acids is 1. The summed E-state index contributed by atoms with van der Waals surface area (Å²) in [7, 11) is 0. The van der Waals surface area contributed by atoms with Crippen LogP contribution in [0, 0.1) is 11.3 Å². The van der Waals surface area contributed by atoms with Crippen LogP contribution in [0.4, 0.5) is 0 Å². The van der Waals surface area contributed by atoms with Crippen molar-refractivity contribution in [2.75, 3.05) is 6.54 Å². The van der Waals surface area contributed by atoms with Crippen molar-refractivity contribution in [3.8, 4) is 0 Å². The highest BCUT2D eigenvalue weighted by Crippen LogP contribution is 2.35. The van der Waals surface area contributed by atoms with E-state index in [0.29, 0.717) is 19.4 Å². The molecule has 0 heterocycles. The van der Waals surface area contributed by atoms with E-state index in [9.17, 15) is 14.7 Å². The zero-order chi connectivity index (χ0) is 15.7. The lowest BCUT2D eigenvalue weighted by Gasteiger charge is -2.29. The summed E-state index contributed by atoms with van der Waals surface area (Å²) in [6.45, 7) is 4.44. The standard InChI is InChI=1S/C17H31NO3/c1-3-5-10-14(4-2)15(19)18-13-17(16(20)21)11-8-6-7-9-12-17/h14H,3-13H2,1-2H3,(H,18,19)(H,20,21). The van der Waals surface area contributed by atoms with Crippen molar-refractivity contribution < 1.29 is 14.7 Å². The van der Waals surface area contributed by atoms with Gasteiger partial charge in [-0.05, 0) is 25.7 Å². The number of nitrogens with one attached hydrogen (secondary N) is 1. The summed E-state index contributed by atoms with van der Waals surface area (Å²) in [6.07, 6.45) is 9.37. The van der Waals surface area contributed by atoms with Crippen molar-refractivity contribution in [2.24, 2.45) is 11.3 Å². The Labute approximate surface area is 128 Å². The van der Waals surface area contributed by atoms with Crippen LogP contribution in [-0.2, 0) is 9.59 Å². The normalized spacial score (nSPS) is 19.5. The summed E-state index contributed by atoms with van der Waals surface area (Å²) >= 11 is 0. The molecule has 1 amide bonds. The molecular formula is C17H31NO3. The molecule has 0 aromatic rings. The first-order valence-electron chi connectivity index (χ1n) is 8.57. The molecule has 1 saturated carbocycles. The monoisotopic (exact) mass is 297 g/mol. The second-order valence-electron chi connectivity index (χ2n) is 6.46. The number of unbranched alkanes of at least 4 members (excludes halogenated alkanes) is 1. The molecule has 0 bridgehead atoms. The minimum Gasteiger partial charge on any atom is -0.481 e. The number of amides is 1. The van der Waals surface area contributed by atoms with Gasteiger partial charge in [-0.15, -0.1) is 0 Å². The number of hydrogen-bond donors (Lipinski definition) is 2. The fraction of sp³-hybridized carbons (Fsp3) is 0.882. The Bertz CT molecular complexity index is 333. The molecule has 1 atom stereocenters. The second-order valence-corrected chi connectivity index (χ2v) is 6.46. The molecule has 21 heavy (non-hydrogen) atoms. The molecule has 1 rings (SSSR count). The molecule has 0 aromatic heterocycles. The summed E-state index contributed by atoms with van der Waals surface area (Å²) in [5, 5.41) is 12.6. The zero-order valence-corrected chi connectivity index (χ0v) is 13.6. The van der Waals surface area contributed by atoms with Crippen LogP contribution in [-0.4, -0.2) is 23.5 Å². The third-order valence-corrected chi connectivity index (χ3v) is 4.89. The highest BCUT2D eigenvalue weighted by atomic mass is 16.4. The van der Waals surface area contributed by atoms with Gasteiger partial charge in [0.1, 0.15) is 0 Å². The van der Waals surface area contributed by atoms with Crippen LogP contribution in [0.2, 0.25) is 0 Å². The summed E-state index contributed by atoms with van der Waals surface area (Å²) in [5.74, 6) is -0.677. The molecule has 1 aliphatic rings. The van der Waals surface area contributed by atoms with Crippen molar-refractivity contribution in [3.63, 3.8) is 0 Å². The molecule has 2 N–H and O–H groups in total. The minimum atomic E-state index is -0.744. The maximum absolute atomic E-state index is 12.3. The molecule has 1 aliphatic carbocycles. The topological polar surface area (TPSA) is 66.4 Å². The predicted octanol–water partition coefficient (Wildman–Crippen LogP) is 3.74. The number of carboxylic acid groups (broad SMARTS) is 1. The maximum atomic E-state index is 12.3. The quantitative estimate of drug-likeness (QED) is 0.671. The SMILES string of the molecule is CCCCC(CC)C(=O)NCC1(C(=O)O)CCCCCC1. The lowest BCUT2D eigenvalue weighted by molar-refractivity contribution is -0.150. The van der Waals surface area contributed by atoms with Crippen LogP contribution in [0.25, 0.3) is 0 Å². The van der Waals surface area contributed by atoms with Gasteiger partial charge in [-0.3, -0.25) is 9.59 Å². The smallest absolute Gasteiger partial charge is 0.311 e. The summed E-state index contributed by atoms with van der Waals surface area (Å²) in [4.78, 5) is 24.0. The Morgan fingerprint density at radius 1 is 1.14 bits per heavy atom. The van der Waals surface area contributed by atoms with Crippen molar-refractivity contribution in [1.82, 2.24) is 5.32 Å². The third-order valence-electron chi connectivity index (χ3n) is 4.89. The van der Waals surface area contributed by atoms with Crippen molar-refractivity contribution in [1.29, 1.82) is 0 Å². The first kappa shape index (κ1) is 18.0. The van der Waals surface area contributed by atoms with E-state index in [4.69, 9.17) is 0 Å². The van der Waals surface area contributed by atoms with Crippen LogP contribution in [0.3, 0.4) is 0 Å². The molecule has 0 radical (unpaired) electrons. The van der Waals surface area contributed by atoms with Gasteiger partial charge in [0.25, 0.3) is 0 Å². The van der Waals surface area contributed by atoms with Crippen molar-refractivity contribution in [2.45, 2.75) is 78.1 Å².